The zero-order chi connectivity index (χ0) is 12.5. The molecule has 0 amide bonds. The van der Waals surface area contributed by atoms with E-state index in [0.717, 1.165) is 18.5 Å². The van der Waals surface area contributed by atoms with Gasteiger partial charge in [-0.1, -0.05) is 6.92 Å². The Kier molecular flexibility index (Phi) is 3.14. The molecule has 1 saturated carbocycles. The van der Waals surface area contributed by atoms with Crippen molar-refractivity contribution in [3.63, 3.8) is 0 Å². The zero-order valence-electron chi connectivity index (χ0n) is 9.81. The van der Waals surface area contributed by atoms with Crippen molar-refractivity contribution in [2.45, 2.75) is 30.2 Å². The number of anilines is 1. The molecule has 1 aliphatic rings. The molecule has 1 fully saturated rings. The van der Waals surface area contributed by atoms with Crippen LogP contribution in [0.15, 0.2) is 29.2 Å². The quantitative estimate of drug-likeness (QED) is 0.835. The first-order valence-corrected chi connectivity index (χ1v) is 7.38. The first kappa shape index (κ1) is 12.4. The van der Waals surface area contributed by atoms with Crippen molar-refractivity contribution in [1.82, 2.24) is 0 Å². The van der Waals surface area contributed by atoms with Gasteiger partial charge in [0.05, 0.1) is 22.8 Å². The normalized spacial score (nSPS) is 17.8. The van der Waals surface area contributed by atoms with E-state index in [-0.39, 0.29) is 17.9 Å². The lowest BCUT2D eigenvalue weighted by atomic mass is 10.2. The molecule has 0 bridgehead atoms. The van der Waals surface area contributed by atoms with Crippen LogP contribution in [0.2, 0.25) is 0 Å². The van der Waals surface area contributed by atoms with Crippen molar-refractivity contribution < 1.29 is 13.5 Å². The van der Waals surface area contributed by atoms with E-state index in [9.17, 15) is 13.5 Å². The molecule has 1 aromatic carbocycles. The van der Waals surface area contributed by atoms with Gasteiger partial charge in [-0.05, 0) is 37.1 Å². The molecule has 4 nitrogen and oxygen atoms in total. The summed E-state index contributed by atoms with van der Waals surface area (Å²) in [6.45, 7) is 1.74. The first-order valence-electron chi connectivity index (χ1n) is 5.73. The second kappa shape index (κ2) is 4.31. The van der Waals surface area contributed by atoms with Gasteiger partial charge in [-0.25, -0.2) is 8.42 Å². The molecule has 0 spiro atoms. The highest BCUT2D eigenvalue weighted by molar-refractivity contribution is 7.91. The Morgan fingerprint density at radius 2 is 1.88 bits per heavy atom. The fourth-order valence-electron chi connectivity index (χ4n) is 1.69. The molecule has 0 atom stereocenters. The summed E-state index contributed by atoms with van der Waals surface area (Å²) in [4.78, 5) is 0.347. The van der Waals surface area contributed by atoms with E-state index in [4.69, 9.17) is 0 Å². The number of hydrogen-bond acceptors (Lipinski definition) is 4. The number of rotatable bonds is 5. The molecule has 5 heteroatoms. The second-order valence-corrected chi connectivity index (χ2v) is 6.77. The van der Waals surface area contributed by atoms with E-state index in [0.29, 0.717) is 4.90 Å². The van der Waals surface area contributed by atoms with Crippen LogP contribution in [0.4, 0.5) is 5.69 Å². The SMILES string of the molecule is CCS(=O)(=O)c1ccc(NC2(CO)CC2)cc1. The molecule has 2 rings (SSSR count). The molecule has 0 unspecified atom stereocenters. The Balaban J connectivity index is 2.14. The molecule has 0 saturated heterocycles. The van der Waals surface area contributed by atoms with Gasteiger partial charge in [0.25, 0.3) is 0 Å². The summed E-state index contributed by atoms with van der Waals surface area (Å²) in [5.74, 6) is 0.111. The third kappa shape index (κ3) is 2.61. The lowest BCUT2D eigenvalue weighted by Gasteiger charge is -2.15. The van der Waals surface area contributed by atoms with Crippen LogP contribution in [0.5, 0.6) is 0 Å². The minimum absolute atomic E-state index is 0.111. The Bertz CT molecular complexity index is 489. The summed E-state index contributed by atoms with van der Waals surface area (Å²) >= 11 is 0. The highest BCUT2D eigenvalue weighted by Crippen LogP contribution is 2.38. The molecule has 94 valence electrons. The second-order valence-electron chi connectivity index (χ2n) is 4.49. The first-order chi connectivity index (χ1) is 8.01. The summed E-state index contributed by atoms with van der Waals surface area (Å²) in [6.07, 6.45) is 1.91. The lowest BCUT2D eigenvalue weighted by Crippen LogP contribution is -2.25. The average Bonchev–Trinajstić information content (AvgIpc) is 3.10. The predicted octanol–water partition coefficient (Wildman–Crippen LogP) is 1.42. The summed E-state index contributed by atoms with van der Waals surface area (Å²) in [7, 11) is -3.13. The Hall–Kier alpha value is -1.07. The third-order valence-electron chi connectivity index (χ3n) is 3.16. The van der Waals surface area contributed by atoms with Gasteiger partial charge < -0.3 is 10.4 Å². The molecule has 17 heavy (non-hydrogen) atoms. The van der Waals surface area contributed by atoms with Gasteiger partial charge in [-0.15, -0.1) is 0 Å². The van der Waals surface area contributed by atoms with Crippen LogP contribution in [0, 0.1) is 0 Å². The molecular formula is C12H17NO3S. The van der Waals surface area contributed by atoms with E-state index in [1.54, 1.807) is 31.2 Å². The maximum atomic E-state index is 11.6. The van der Waals surface area contributed by atoms with E-state index >= 15 is 0 Å². The van der Waals surface area contributed by atoms with Crippen LogP contribution >= 0.6 is 0 Å². The fraction of sp³-hybridized carbons (Fsp3) is 0.500. The maximum Gasteiger partial charge on any atom is 0.178 e. The highest BCUT2D eigenvalue weighted by atomic mass is 32.2. The van der Waals surface area contributed by atoms with E-state index in [1.807, 2.05) is 0 Å². The van der Waals surface area contributed by atoms with Crippen molar-refractivity contribution in [2.75, 3.05) is 17.7 Å². The van der Waals surface area contributed by atoms with Crippen molar-refractivity contribution in [3.8, 4) is 0 Å². The fourth-order valence-corrected chi connectivity index (χ4v) is 2.58. The Morgan fingerprint density at radius 3 is 2.29 bits per heavy atom. The summed E-state index contributed by atoms with van der Waals surface area (Å²) < 4.78 is 23.2. The average molecular weight is 255 g/mol. The summed E-state index contributed by atoms with van der Waals surface area (Å²) in [5, 5.41) is 12.4. The van der Waals surface area contributed by atoms with Gasteiger partial charge in [-0.3, -0.25) is 0 Å². The van der Waals surface area contributed by atoms with E-state index in [1.165, 1.54) is 0 Å². The monoisotopic (exact) mass is 255 g/mol. The number of nitrogens with one attached hydrogen (secondary N) is 1. The van der Waals surface area contributed by atoms with Crippen LogP contribution in [0.25, 0.3) is 0 Å². The van der Waals surface area contributed by atoms with Crippen LogP contribution in [-0.4, -0.2) is 31.4 Å². The number of sulfone groups is 1. The topological polar surface area (TPSA) is 66.4 Å². The van der Waals surface area contributed by atoms with Crippen LogP contribution in [-0.2, 0) is 9.84 Å². The summed E-state index contributed by atoms with van der Waals surface area (Å²) in [5.41, 5.74) is 0.678. The number of hydrogen-bond donors (Lipinski definition) is 2. The van der Waals surface area contributed by atoms with E-state index < -0.39 is 9.84 Å². The van der Waals surface area contributed by atoms with Crippen LogP contribution < -0.4 is 5.32 Å². The van der Waals surface area contributed by atoms with Gasteiger partial charge in [0.15, 0.2) is 9.84 Å². The molecule has 0 radical (unpaired) electrons. The van der Waals surface area contributed by atoms with Gasteiger partial charge in [0.2, 0.25) is 0 Å². The standard InChI is InChI=1S/C12H17NO3S/c1-2-17(15,16)11-5-3-10(4-6-11)13-12(9-14)7-8-12/h3-6,13-14H,2,7-9H2,1H3. The lowest BCUT2D eigenvalue weighted by molar-refractivity contribution is 0.266. The number of benzene rings is 1. The minimum atomic E-state index is -3.13. The van der Waals surface area contributed by atoms with Crippen LogP contribution in [0.3, 0.4) is 0 Å². The van der Waals surface area contributed by atoms with E-state index in [2.05, 4.69) is 5.32 Å². The molecule has 0 aliphatic heterocycles. The minimum Gasteiger partial charge on any atom is -0.394 e. The number of aliphatic hydroxyl groups excluding tert-OH is 1. The number of aliphatic hydroxyl groups is 1. The Labute approximate surface area is 102 Å². The van der Waals surface area contributed by atoms with Crippen molar-refractivity contribution >= 4 is 15.5 Å². The van der Waals surface area contributed by atoms with Crippen molar-refractivity contribution in [1.29, 1.82) is 0 Å². The van der Waals surface area contributed by atoms with Gasteiger partial charge in [0.1, 0.15) is 0 Å². The van der Waals surface area contributed by atoms with Gasteiger partial charge >= 0.3 is 0 Å². The van der Waals surface area contributed by atoms with Crippen LogP contribution in [0.1, 0.15) is 19.8 Å². The molecular weight excluding hydrogens is 238 g/mol. The highest BCUT2D eigenvalue weighted by Gasteiger charge is 2.41. The molecule has 0 heterocycles. The predicted molar refractivity (Wildman–Crippen MR) is 66.8 cm³/mol. The molecule has 0 aromatic heterocycles. The Morgan fingerprint density at radius 1 is 1.29 bits per heavy atom. The maximum absolute atomic E-state index is 11.6. The largest absolute Gasteiger partial charge is 0.394 e. The van der Waals surface area contributed by atoms with Crippen molar-refractivity contribution in [2.24, 2.45) is 0 Å². The molecule has 1 aliphatic carbocycles. The third-order valence-corrected chi connectivity index (χ3v) is 4.91. The van der Waals surface area contributed by atoms with Crippen molar-refractivity contribution in [3.05, 3.63) is 24.3 Å². The van der Waals surface area contributed by atoms with Gasteiger partial charge in [0, 0.05) is 5.69 Å². The van der Waals surface area contributed by atoms with Gasteiger partial charge in [-0.2, -0.15) is 0 Å². The molecule has 2 N–H and O–H groups in total. The summed E-state index contributed by atoms with van der Waals surface area (Å²) in [6, 6.07) is 6.71. The molecule has 1 aromatic rings. The smallest absolute Gasteiger partial charge is 0.178 e. The zero-order valence-corrected chi connectivity index (χ0v) is 10.6.